The van der Waals surface area contributed by atoms with Crippen molar-refractivity contribution in [3.8, 4) is 23.0 Å². The predicted octanol–water partition coefficient (Wildman–Crippen LogP) is 3.99. The van der Waals surface area contributed by atoms with Crippen molar-refractivity contribution in [1.82, 2.24) is 9.97 Å². The molecule has 0 aliphatic carbocycles. The number of hydrogen-bond acceptors (Lipinski definition) is 9. The van der Waals surface area contributed by atoms with E-state index in [9.17, 15) is 0 Å². The first kappa shape index (κ1) is 21.8. The van der Waals surface area contributed by atoms with E-state index in [1.165, 1.54) is 6.33 Å². The molecule has 33 heavy (non-hydrogen) atoms. The molecule has 10 heteroatoms. The minimum atomic E-state index is -0.200. The van der Waals surface area contributed by atoms with Crippen molar-refractivity contribution in [2.75, 3.05) is 39.9 Å². The number of nitrogens with one attached hydrogen (secondary N) is 1. The zero-order valence-electron chi connectivity index (χ0n) is 18.5. The smallest absolute Gasteiger partial charge is 0.164 e. The lowest BCUT2D eigenvalue weighted by atomic mass is 10.1. The summed E-state index contributed by atoms with van der Waals surface area (Å²) in [6, 6.07) is 7.11. The van der Waals surface area contributed by atoms with Crippen molar-refractivity contribution in [2.45, 2.75) is 24.7 Å². The van der Waals surface area contributed by atoms with Gasteiger partial charge in [-0.05, 0) is 18.6 Å². The van der Waals surface area contributed by atoms with Crippen LogP contribution in [0.5, 0.6) is 23.0 Å². The Morgan fingerprint density at radius 3 is 2.55 bits per heavy atom. The third-order valence-electron chi connectivity index (χ3n) is 5.85. The van der Waals surface area contributed by atoms with Gasteiger partial charge in [-0.1, -0.05) is 11.6 Å². The fraction of sp³-hybridized carbons (Fsp3) is 0.391. The van der Waals surface area contributed by atoms with Crippen LogP contribution in [0.3, 0.4) is 0 Å². The van der Waals surface area contributed by atoms with Gasteiger partial charge in [0.1, 0.15) is 29.7 Å². The third kappa shape index (κ3) is 4.07. The SMILES string of the molecule is COc1cc(OC)c(Nc2ncnc3cc(O[C@@H]4COC5CCOC54)c(OC)cc23)cc1Cl. The molecule has 2 aliphatic rings. The second-order valence-electron chi connectivity index (χ2n) is 7.71. The lowest BCUT2D eigenvalue weighted by Crippen LogP contribution is -2.32. The molecule has 2 saturated heterocycles. The Hall–Kier alpha value is -3.01. The highest BCUT2D eigenvalue weighted by Crippen LogP contribution is 2.40. The molecule has 3 atom stereocenters. The van der Waals surface area contributed by atoms with Gasteiger partial charge in [-0.2, -0.15) is 0 Å². The number of ether oxygens (including phenoxy) is 6. The van der Waals surface area contributed by atoms with Crippen LogP contribution in [0, 0.1) is 0 Å². The van der Waals surface area contributed by atoms with E-state index >= 15 is 0 Å². The van der Waals surface area contributed by atoms with Gasteiger partial charge in [-0.3, -0.25) is 0 Å². The van der Waals surface area contributed by atoms with E-state index in [0.29, 0.717) is 58.3 Å². The Morgan fingerprint density at radius 2 is 1.76 bits per heavy atom. The molecule has 0 saturated carbocycles. The highest BCUT2D eigenvalue weighted by Gasteiger charge is 2.43. The highest BCUT2D eigenvalue weighted by atomic mass is 35.5. The van der Waals surface area contributed by atoms with Crippen LogP contribution >= 0.6 is 11.6 Å². The van der Waals surface area contributed by atoms with Gasteiger partial charge < -0.3 is 33.7 Å². The third-order valence-corrected chi connectivity index (χ3v) is 6.14. The zero-order valence-corrected chi connectivity index (χ0v) is 19.2. The summed E-state index contributed by atoms with van der Waals surface area (Å²) in [5, 5.41) is 4.47. The normalized spacial score (nSPS) is 21.6. The molecule has 0 bridgehead atoms. The molecule has 3 aromatic rings. The fourth-order valence-electron chi connectivity index (χ4n) is 4.19. The lowest BCUT2D eigenvalue weighted by Gasteiger charge is -2.20. The molecule has 2 aromatic carbocycles. The average molecular weight is 474 g/mol. The van der Waals surface area contributed by atoms with Crippen LogP contribution in [0.25, 0.3) is 10.9 Å². The van der Waals surface area contributed by atoms with E-state index in [4.69, 9.17) is 40.0 Å². The second kappa shape index (κ2) is 9.09. The van der Waals surface area contributed by atoms with E-state index in [1.54, 1.807) is 33.5 Å². The average Bonchev–Trinajstić information content (AvgIpc) is 3.44. The number of anilines is 2. The van der Waals surface area contributed by atoms with Crippen LogP contribution in [0.15, 0.2) is 30.6 Å². The molecule has 3 heterocycles. The number of fused-ring (bicyclic) bond motifs is 2. The summed E-state index contributed by atoms with van der Waals surface area (Å²) in [6.45, 7) is 1.16. The van der Waals surface area contributed by atoms with Crippen molar-refractivity contribution >= 4 is 34.0 Å². The molecular weight excluding hydrogens is 450 g/mol. The lowest BCUT2D eigenvalue weighted by molar-refractivity contribution is 0.0298. The maximum absolute atomic E-state index is 6.32. The highest BCUT2D eigenvalue weighted by molar-refractivity contribution is 6.32. The van der Waals surface area contributed by atoms with Crippen molar-refractivity contribution in [1.29, 1.82) is 0 Å². The number of aromatic nitrogens is 2. The molecule has 0 spiro atoms. The topological polar surface area (TPSA) is 93.2 Å². The van der Waals surface area contributed by atoms with E-state index in [1.807, 2.05) is 12.1 Å². The summed E-state index contributed by atoms with van der Waals surface area (Å²) in [6.07, 6.45) is 2.19. The maximum Gasteiger partial charge on any atom is 0.164 e. The number of benzene rings is 2. The van der Waals surface area contributed by atoms with E-state index in [2.05, 4.69) is 15.3 Å². The minimum Gasteiger partial charge on any atom is -0.495 e. The quantitative estimate of drug-likeness (QED) is 0.546. The fourth-order valence-corrected chi connectivity index (χ4v) is 4.44. The van der Waals surface area contributed by atoms with Crippen LogP contribution in [-0.4, -0.2) is 62.8 Å². The molecule has 2 unspecified atom stereocenters. The van der Waals surface area contributed by atoms with Gasteiger partial charge >= 0.3 is 0 Å². The van der Waals surface area contributed by atoms with Crippen LogP contribution < -0.4 is 24.3 Å². The molecule has 1 aromatic heterocycles. The number of rotatable bonds is 7. The summed E-state index contributed by atoms with van der Waals surface area (Å²) >= 11 is 6.32. The van der Waals surface area contributed by atoms with Gasteiger partial charge in [0.15, 0.2) is 17.6 Å². The molecule has 9 nitrogen and oxygen atoms in total. The summed E-state index contributed by atoms with van der Waals surface area (Å²) in [4.78, 5) is 8.83. The van der Waals surface area contributed by atoms with Gasteiger partial charge in [-0.15, -0.1) is 0 Å². The van der Waals surface area contributed by atoms with Gasteiger partial charge in [0.05, 0.1) is 50.3 Å². The summed E-state index contributed by atoms with van der Waals surface area (Å²) in [5.41, 5.74) is 1.32. The van der Waals surface area contributed by atoms with Crippen molar-refractivity contribution in [2.24, 2.45) is 0 Å². The van der Waals surface area contributed by atoms with E-state index < -0.39 is 0 Å². The minimum absolute atomic E-state index is 0.0692. The number of hydrogen-bond donors (Lipinski definition) is 1. The van der Waals surface area contributed by atoms with Crippen LogP contribution in [0.1, 0.15) is 6.42 Å². The molecular formula is C23H24ClN3O6. The van der Waals surface area contributed by atoms with Gasteiger partial charge in [-0.25, -0.2) is 9.97 Å². The second-order valence-corrected chi connectivity index (χ2v) is 8.11. The van der Waals surface area contributed by atoms with Crippen LogP contribution in [0.2, 0.25) is 5.02 Å². The predicted molar refractivity (Wildman–Crippen MR) is 122 cm³/mol. The maximum atomic E-state index is 6.32. The van der Waals surface area contributed by atoms with Crippen molar-refractivity contribution in [3.05, 3.63) is 35.6 Å². The van der Waals surface area contributed by atoms with Crippen LogP contribution in [0.4, 0.5) is 11.5 Å². The van der Waals surface area contributed by atoms with Crippen molar-refractivity contribution in [3.63, 3.8) is 0 Å². The number of methoxy groups -OCH3 is 3. The van der Waals surface area contributed by atoms with E-state index in [-0.39, 0.29) is 18.3 Å². The first-order valence-corrected chi connectivity index (χ1v) is 10.9. The monoisotopic (exact) mass is 473 g/mol. The van der Waals surface area contributed by atoms with Crippen molar-refractivity contribution < 1.29 is 28.4 Å². The van der Waals surface area contributed by atoms with E-state index in [0.717, 1.165) is 11.8 Å². The molecule has 5 rings (SSSR count). The van der Waals surface area contributed by atoms with Gasteiger partial charge in [0, 0.05) is 24.1 Å². The standard InChI is InChI=1S/C23H24ClN3O6/c1-28-17-9-18(29-2)15(7-13(17)24)27-23-12-6-19(30-3)20(8-14(12)25-11-26-23)33-21-10-32-16-4-5-31-22(16)21/h6-9,11,16,21-22H,4-5,10H2,1-3H3,(H,25,26,27)/t16?,21-,22?/m1/s1. The first-order valence-electron chi connectivity index (χ1n) is 10.5. The Labute approximate surface area is 195 Å². The molecule has 0 amide bonds. The molecule has 0 radical (unpaired) electrons. The number of halogens is 1. The summed E-state index contributed by atoms with van der Waals surface area (Å²) in [7, 11) is 4.72. The number of nitrogens with zero attached hydrogens (tertiary/aromatic N) is 2. The van der Waals surface area contributed by atoms with Gasteiger partial charge in [0.2, 0.25) is 0 Å². The Morgan fingerprint density at radius 1 is 0.939 bits per heavy atom. The molecule has 1 N–H and O–H groups in total. The molecule has 174 valence electrons. The Bertz CT molecular complexity index is 1180. The van der Waals surface area contributed by atoms with Gasteiger partial charge in [0.25, 0.3) is 0 Å². The molecule has 2 fully saturated rings. The zero-order chi connectivity index (χ0) is 22.9. The Balaban J connectivity index is 1.48. The van der Waals surface area contributed by atoms with Crippen LogP contribution in [-0.2, 0) is 9.47 Å². The molecule has 2 aliphatic heterocycles. The largest absolute Gasteiger partial charge is 0.495 e. The summed E-state index contributed by atoms with van der Waals surface area (Å²) in [5.74, 6) is 2.76. The Kier molecular flexibility index (Phi) is 6.01. The summed E-state index contributed by atoms with van der Waals surface area (Å²) < 4.78 is 34.2. The first-order chi connectivity index (χ1) is 16.1.